The van der Waals surface area contributed by atoms with Gasteiger partial charge >= 0.3 is 5.97 Å². The maximum Gasteiger partial charge on any atom is 0.321 e. The van der Waals surface area contributed by atoms with Gasteiger partial charge in [-0.1, -0.05) is 0 Å². The van der Waals surface area contributed by atoms with E-state index in [-0.39, 0.29) is 6.29 Å². The number of hydrogen-bond acceptors (Lipinski definition) is 5. The van der Waals surface area contributed by atoms with Gasteiger partial charge in [0.05, 0.1) is 13.2 Å². The van der Waals surface area contributed by atoms with Crippen LogP contribution in [0.3, 0.4) is 0 Å². The summed E-state index contributed by atoms with van der Waals surface area (Å²) in [6.07, 6.45) is -0.189. The van der Waals surface area contributed by atoms with Gasteiger partial charge in [-0.2, -0.15) is 11.8 Å². The van der Waals surface area contributed by atoms with Crippen molar-refractivity contribution in [3.8, 4) is 0 Å². The Morgan fingerprint density at radius 1 is 1.62 bits per heavy atom. The predicted molar refractivity (Wildman–Crippen MR) is 48.6 cm³/mol. The van der Waals surface area contributed by atoms with E-state index < -0.39 is 12.0 Å². The van der Waals surface area contributed by atoms with Crippen molar-refractivity contribution in [1.82, 2.24) is 0 Å². The van der Waals surface area contributed by atoms with Gasteiger partial charge < -0.3 is 20.3 Å². The molecular weight excluding hydrogens is 194 g/mol. The minimum atomic E-state index is -0.972. The summed E-state index contributed by atoms with van der Waals surface area (Å²) in [5, 5.41) is 8.47. The molecule has 1 unspecified atom stereocenters. The van der Waals surface area contributed by atoms with Gasteiger partial charge in [0.15, 0.2) is 6.29 Å². The molecule has 0 radical (unpaired) electrons. The molecule has 1 rings (SSSR count). The lowest BCUT2D eigenvalue weighted by atomic mass is 10.4. The van der Waals surface area contributed by atoms with Gasteiger partial charge in [0.25, 0.3) is 0 Å². The average molecular weight is 207 g/mol. The molecule has 3 N–H and O–H groups in total. The van der Waals surface area contributed by atoms with Crippen LogP contribution in [0.4, 0.5) is 0 Å². The molecule has 1 atom stereocenters. The lowest BCUT2D eigenvalue weighted by molar-refractivity contribution is -0.137. The van der Waals surface area contributed by atoms with Crippen LogP contribution in [0.25, 0.3) is 0 Å². The predicted octanol–water partition coefficient (Wildman–Crippen LogP) is -0.496. The average Bonchev–Trinajstić information content (AvgIpc) is 2.56. The van der Waals surface area contributed by atoms with Crippen molar-refractivity contribution in [2.75, 3.05) is 24.7 Å². The fourth-order valence-electron chi connectivity index (χ4n) is 0.866. The maximum absolute atomic E-state index is 10.3. The molecule has 0 spiro atoms. The summed E-state index contributed by atoms with van der Waals surface area (Å²) in [7, 11) is 0. The van der Waals surface area contributed by atoms with E-state index >= 15 is 0 Å². The number of rotatable bonds is 5. The molecular formula is C7H13NO4S. The van der Waals surface area contributed by atoms with E-state index in [9.17, 15) is 4.79 Å². The topological polar surface area (TPSA) is 81.8 Å². The third-order valence-electron chi connectivity index (χ3n) is 1.56. The van der Waals surface area contributed by atoms with Crippen LogP contribution in [0.2, 0.25) is 0 Å². The largest absolute Gasteiger partial charge is 0.480 e. The van der Waals surface area contributed by atoms with Gasteiger partial charge in [0.1, 0.15) is 6.04 Å². The highest BCUT2D eigenvalue weighted by Gasteiger charge is 2.17. The van der Waals surface area contributed by atoms with Crippen molar-refractivity contribution in [2.24, 2.45) is 5.73 Å². The molecule has 0 bridgehead atoms. The molecule has 0 saturated carbocycles. The fourth-order valence-corrected chi connectivity index (χ4v) is 1.78. The molecule has 0 aliphatic carbocycles. The standard InChI is InChI=1S/C7H13NO4S/c8-5(7(9)10)3-13-4-6-11-1-2-12-6/h5-6H,1-4,8H2,(H,9,10). The van der Waals surface area contributed by atoms with E-state index in [1.807, 2.05) is 0 Å². The van der Waals surface area contributed by atoms with Crippen LogP contribution < -0.4 is 5.73 Å². The lowest BCUT2D eigenvalue weighted by Gasteiger charge is -2.09. The summed E-state index contributed by atoms with van der Waals surface area (Å²) in [4.78, 5) is 10.3. The first kappa shape index (κ1) is 10.8. The summed E-state index contributed by atoms with van der Waals surface area (Å²) >= 11 is 1.43. The lowest BCUT2D eigenvalue weighted by Crippen LogP contribution is -2.33. The first-order valence-corrected chi connectivity index (χ1v) is 5.15. The third-order valence-corrected chi connectivity index (χ3v) is 2.66. The second-order valence-corrected chi connectivity index (χ2v) is 3.73. The SMILES string of the molecule is NC(CSCC1OCCO1)C(=O)O. The van der Waals surface area contributed by atoms with Crippen LogP contribution in [0.15, 0.2) is 0 Å². The van der Waals surface area contributed by atoms with Gasteiger partial charge in [-0.05, 0) is 0 Å². The summed E-state index contributed by atoms with van der Waals surface area (Å²) in [6.45, 7) is 1.24. The zero-order valence-electron chi connectivity index (χ0n) is 7.14. The van der Waals surface area contributed by atoms with Crippen LogP contribution in [-0.2, 0) is 14.3 Å². The number of nitrogens with two attached hydrogens (primary N) is 1. The number of thioether (sulfide) groups is 1. The number of carbonyl (C=O) groups is 1. The summed E-state index contributed by atoms with van der Waals surface area (Å²) in [5.41, 5.74) is 5.30. The Hall–Kier alpha value is -0.300. The zero-order valence-corrected chi connectivity index (χ0v) is 7.96. The van der Waals surface area contributed by atoms with Crippen molar-refractivity contribution in [3.63, 3.8) is 0 Å². The molecule has 5 nitrogen and oxygen atoms in total. The molecule has 0 aromatic rings. The molecule has 0 aromatic heterocycles. The molecule has 1 fully saturated rings. The number of carboxylic acid groups (broad SMARTS) is 1. The fraction of sp³-hybridized carbons (Fsp3) is 0.857. The number of aliphatic carboxylic acids is 1. The molecule has 76 valence electrons. The van der Waals surface area contributed by atoms with Crippen LogP contribution in [0.1, 0.15) is 0 Å². The summed E-state index contributed by atoms with van der Waals surface area (Å²) in [5.74, 6) is 0.0558. The molecule has 13 heavy (non-hydrogen) atoms. The Kier molecular flexibility index (Phi) is 4.51. The highest BCUT2D eigenvalue weighted by molar-refractivity contribution is 7.99. The molecule has 1 heterocycles. The molecule has 6 heteroatoms. The third kappa shape index (κ3) is 3.95. The Balaban J connectivity index is 2.02. The van der Waals surface area contributed by atoms with E-state index in [4.69, 9.17) is 20.3 Å². The minimum Gasteiger partial charge on any atom is -0.480 e. The van der Waals surface area contributed by atoms with Crippen LogP contribution in [-0.4, -0.2) is 48.1 Å². The van der Waals surface area contributed by atoms with Crippen molar-refractivity contribution in [2.45, 2.75) is 12.3 Å². The maximum atomic E-state index is 10.3. The molecule has 1 aliphatic rings. The van der Waals surface area contributed by atoms with Crippen molar-refractivity contribution in [3.05, 3.63) is 0 Å². The highest BCUT2D eigenvalue weighted by Crippen LogP contribution is 2.11. The zero-order chi connectivity index (χ0) is 9.68. The molecule has 0 amide bonds. The van der Waals surface area contributed by atoms with E-state index in [2.05, 4.69) is 0 Å². The second kappa shape index (κ2) is 5.43. The van der Waals surface area contributed by atoms with Gasteiger partial charge in [-0.3, -0.25) is 4.79 Å². The first-order valence-electron chi connectivity index (χ1n) is 3.99. The Morgan fingerprint density at radius 3 is 2.77 bits per heavy atom. The molecule has 1 saturated heterocycles. The highest BCUT2D eigenvalue weighted by atomic mass is 32.2. The minimum absolute atomic E-state index is 0.189. The van der Waals surface area contributed by atoms with Crippen LogP contribution >= 0.6 is 11.8 Å². The Labute approximate surface area is 80.6 Å². The quantitative estimate of drug-likeness (QED) is 0.632. The monoisotopic (exact) mass is 207 g/mol. The molecule has 0 aromatic carbocycles. The van der Waals surface area contributed by atoms with Crippen molar-refractivity contribution >= 4 is 17.7 Å². The normalized spacial score (nSPS) is 20.4. The van der Waals surface area contributed by atoms with Crippen molar-refractivity contribution in [1.29, 1.82) is 0 Å². The summed E-state index contributed by atoms with van der Waals surface area (Å²) < 4.78 is 10.3. The van der Waals surface area contributed by atoms with Gasteiger partial charge in [0, 0.05) is 11.5 Å². The smallest absolute Gasteiger partial charge is 0.321 e. The van der Waals surface area contributed by atoms with Gasteiger partial charge in [-0.25, -0.2) is 0 Å². The number of ether oxygens (including phenoxy) is 2. The Bertz CT molecular complexity index is 172. The first-order chi connectivity index (χ1) is 6.20. The van der Waals surface area contributed by atoms with E-state index in [0.29, 0.717) is 24.7 Å². The second-order valence-electron chi connectivity index (χ2n) is 2.65. The molecule has 1 aliphatic heterocycles. The van der Waals surface area contributed by atoms with Gasteiger partial charge in [-0.15, -0.1) is 0 Å². The number of carboxylic acids is 1. The van der Waals surface area contributed by atoms with Crippen LogP contribution in [0, 0.1) is 0 Å². The van der Waals surface area contributed by atoms with E-state index in [1.165, 1.54) is 11.8 Å². The summed E-state index contributed by atoms with van der Waals surface area (Å²) in [6, 6.07) is -0.800. The Morgan fingerprint density at radius 2 is 2.23 bits per heavy atom. The van der Waals surface area contributed by atoms with Crippen LogP contribution in [0.5, 0.6) is 0 Å². The van der Waals surface area contributed by atoms with E-state index in [0.717, 1.165) is 0 Å². The van der Waals surface area contributed by atoms with E-state index in [1.54, 1.807) is 0 Å². The van der Waals surface area contributed by atoms with Crippen molar-refractivity contribution < 1.29 is 19.4 Å². The van der Waals surface area contributed by atoms with Gasteiger partial charge in [0.2, 0.25) is 0 Å². The number of hydrogen-bond donors (Lipinski definition) is 2.